The maximum absolute atomic E-state index is 12.0. The maximum atomic E-state index is 12.0. The summed E-state index contributed by atoms with van der Waals surface area (Å²) in [7, 11) is 0. The molecule has 2 heterocycles. The fraction of sp³-hybridized carbons (Fsp3) is 0.467. The van der Waals surface area contributed by atoms with Crippen molar-refractivity contribution in [3.63, 3.8) is 0 Å². The van der Waals surface area contributed by atoms with Gasteiger partial charge in [0.25, 0.3) is 0 Å². The summed E-state index contributed by atoms with van der Waals surface area (Å²) >= 11 is 3.18. The van der Waals surface area contributed by atoms with Crippen LogP contribution in [0, 0.1) is 5.92 Å². The molecule has 0 radical (unpaired) electrons. The lowest BCUT2D eigenvalue weighted by Gasteiger charge is -2.17. The Kier molecular flexibility index (Phi) is 5.90. The highest BCUT2D eigenvalue weighted by Gasteiger charge is 2.15. The van der Waals surface area contributed by atoms with Crippen LogP contribution >= 0.6 is 22.7 Å². The predicted octanol–water partition coefficient (Wildman–Crippen LogP) is 2.94. The molecule has 2 aromatic heterocycles. The second-order valence-corrected chi connectivity index (χ2v) is 7.05. The van der Waals surface area contributed by atoms with Crippen LogP contribution < -0.4 is 5.32 Å². The molecule has 2 N–H and O–H groups in total. The van der Waals surface area contributed by atoms with Crippen molar-refractivity contribution in [3.8, 4) is 10.6 Å². The van der Waals surface area contributed by atoms with E-state index in [1.54, 1.807) is 22.7 Å². The van der Waals surface area contributed by atoms with Gasteiger partial charge in [0.05, 0.1) is 24.8 Å². The number of nitrogens with zero attached hydrogens (tertiary/aromatic N) is 1. The van der Waals surface area contributed by atoms with Gasteiger partial charge in [-0.15, -0.1) is 11.3 Å². The second-order valence-electron chi connectivity index (χ2n) is 5.41. The number of thiazole rings is 1. The molecule has 6 heteroatoms. The lowest BCUT2D eigenvalue weighted by molar-refractivity contribution is -0.121. The highest BCUT2D eigenvalue weighted by molar-refractivity contribution is 7.14. The number of amides is 1. The Hall–Kier alpha value is -1.24. The van der Waals surface area contributed by atoms with Gasteiger partial charge < -0.3 is 10.4 Å². The minimum atomic E-state index is -0.174. The molecule has 0 aliphatic carbocycles. The van der Waals surface area contributed by atoms with Gasteiger partial charge in [0.15, 0.2) is 0 Å². The average molecular weight is 324 g/mol. The van der Waals surface area contributed by atoms with Crippen molar-refractivity contribution in [2.75, 3.05) is 6.61 Å². The number of carbonyl (C=O) groups is 1. The zero-order valence-corrected chi connectivity index (χ0v) is 13.8. The highest BCUT2D eigenvalue weighted by Crippen LogP contribution is 2.25. The minimum Gasteiger partial charge on any atom is -0.394 e. The molecule has 0 spiro atoms. The molecule has 0 aliphatic rings. The monoisotopic (exact) mass is 324 g/mol. The van der Waals surface area contributed by atoms with Crippen LogP contribution in [0.1, 0.15) is 26.0 Å². The third kappa shape index (κ3) is 4.91. The van der Waals surface area contributed by atoms with Gasteiger partial charge in [-0.2, -0.15) is 11.3 Å². The number of aliphatic hydroxyl groups excluding tert-OH is 1. The van der Waals surface area contributed by atoms with Crippen LogP contribution in [-0.4, -0.2) is 28.6 Å². The summed E-state index contributed by atoms with van der Waals surface area (Å²) in [5.41, 5.74) is 1.88. The summed E-state index contributed by atoms with van der Waals surface area (Å²) in [4.78, 5) is 16.5. The van der Waals surface area contributed by atoms with Crippen LogP contribution in [0.4, 0.5) is 0 Å². The standard InChI is InChI=1S/C15H20N2O2S2/c1-10(2)5-12(7-18)16-14(19)6-13-9-21-15(17-13)11-3-4-20-8-11/h3-4,8-10,12,18H,5-7H2,1-2H3,(H,16,19). The van der Waals surface area contributed by atoms with Crippen molar-refractivity contribution in [3.05, 3.63) is 27.9 Å². The Morgan fingerprint density at radius 1 is 1.43 bits per heavy atom. The molecule has 0 aromatic carbocycles. The summed E-state index contributed by atoms with van der Waals surface area (Å²) < 4.78 is 0. The van der Waals surface area contributed by atoms with E-state index in [1.165, 1.54) is 0 Å². The predicted molar refractivity (Wildman–Crippen MR) is 87.6 cm³/mol. The van der Waals surface area contributed by atoms with Crippen LogP contribution in [-0.2, 0) is 11.2 Å². The quantitative estimate of drug-likeness (QED) is 0.823. The summed E-state index contributed by atoms with van der Waals surface area (Å²) in [5, 5.41) is 19.1. The fourth-order valence-electron chi connectivity index (χ4n) is 2.10. The lowest BCUT2D eigenvalue weighted by atomic mass is 10.0. The Bertz CT molecular complexity index is 564. The number of carbonyl (C=O) groups excluding carboxylic acids is 1. The van der Waals surface area contributed by atoms with Crippen molar-refractivity contribution >= 4 is 28.6 Å². The molecule has 0 fully saturated rings. The SMILES string of the molecule is CC(C)CC(CO)NC(=O)Cc1csc(-c2ccsc2)n1. The Balaban J connectivity index is 1.91. The van der Waals surface area contributed by atoms with Gasteiger partial charge in [-0.05, 0) is 23.8 Å². The van der Waals surface area contributed by atoms with E-state index < -0.39 is 0 Å². The zero-order chi connectivity index (χ0) is 15.2. The Morgan fingerprint density at radius 2 is 2.24 bits per heavy atom. The van der Waals surface area contributed by atoms with Crippen LogP contribution in [0.2, 0.25) is 0 Å². The maximum Gasteiger partial charge on any atom is 0.226 e. The first-order valence-electron chi connectivity index (χ1n) is 6.95. The summed E-state index contributed by atoms with van der Waals surface area (Å²) in [5.74, 6) is 0.351. The Morgan fingerprint density at radius 3 is 2.86 bits per heavy atom. The number of thiophene rings is 1. The van der Waals surface area contributed by atoms with E-state index in [0.717, 1.165) is 22.7 Å². The molecular weight excluding hydrogens is 304 g/mol. The van der Waals surface area contributed by atoms with Crippen LogP contribution in [0.15, 0.2) is 22.2 Å². The first kappa shape index (κ1) is 16.1. The van der Waals surface area contributed by atoms with Crippen molar-refractivity contribution in [1.29, 1.82) is 0 Å². The van der Waals surface area contributed by atoms with Gasteiger partial charge >= 0.3 is 0 Å². The van der Waals surface area contributed by atoms with Gasteiger partial charge in [-0.1, -0.05) is 13.8 Å². The van der Waals surface area contributed by atoms with Gasteiger partial charge in [0.1, 0.15) is 5.01 Å². The number of aromatic nitrogens is 1. The van der Waals surface area contributed by atoms with E-state index in [-0.39, 0.29) is 25.0 Å². The lowest BCUT2D eigenvalue weighted by Crippen LogP contribution is -2.39. The molecule has 1 atom stereocenters. The van der Waals surface area contributed by atoms with E-state index in [1.807, 2.05) is 22.2 Å². The zero-order valence-electron chi connectivity index (χ0n) is 12.2. The first-order valence-corrected chi connectivity index (χ1v) is 8.78. The average Bonchev–Trinajstić information content (AvgIpc) is 3.07. The Labute approximate surface area is 132 Å². The van der Waals surface area contributed by atoms with Crippen LogP contribution in [0.25, 0.3) is 10.6 Å². The van der Waals surface area contributed by atoms with Crippen molar-refractivity contribution < 1.29 is 9.90 Å². The van der Waals surface area contributed by atoms with E-state index >= 15 is 0 Å². The highest BCUT2D eigenvalue weighted by atomic mass is 32.1. The van der Waals surface area contributed by atoms with E-state index in [0.29, 0.717) is 5.92 Å². The summed E-state index contributed by atoms with van der Waals surface area (Å²) in [6.45, 7) is 4.12. The van der Waals surface area contributed by atoms with Crippen molar-refractivity contribution in [2.24, 2.45) is 5.92 Å². The molecule has 0 bridgehead atoms. The molecule has 1 unspecified atom stereocenters. The minimum absolute atomic E-state index is 0.0266. The molecular formula is C15H20N2O2S2. The third-order valence-electron chi connectivity index (χ3n) is 3.00. The first-order chi connectivity index (χ1) is 10.1. The van der Waals surface area contributed by atoms with Crippen LogP contribution in [0.3, 0.4) is 0 Å². The number of aliphatic hydroxyl groups is 1. The molecule has 1 amide bonds. The van der Waals surface area contributed by atoms with Gasteiger partial charge in [-0.3, -0.25) is 4.79 Å². The van der Waals surface area contributed by atoms with Gasteiger partial charge in [-0.25, -0.2) is 4.98 Å². The van der Waals surface area contributed by atoms with Crippen molar-refractivity contribution in [1.82, 2.24) is 10.3 Å². The van der Waals surface area contributed by atoms with Crippen LogP contribution in [0.5, 0.6) is 0 Å². The molecule has 0 aliphatic heterocycles. The normalized spacial score (nSPS) is 12.6. The molecule has 114 valence electrons. The second kappa shape index (κ2) is 7.68. The van der Waals surface area contributed by atoms with E-state index in [2.05, 4.69) is 24.1 Å². The number of hydrogen-bond acceptors (Lipinski definition) is 5. The number of nitrogens with one attached hydrogen (secondary N) is 1. The van der Waals surface area contributed by atoms with Gasteiger partial charge in [0.2, 0.25) is 5.91 Å². The molecule has 2 aromatic rings. The molecule has 4 nitrogen and oxygen atoms in total. The third-order valence-corrected chi connectivity index (χ3v) is 4.63. The van der Waals surface area contributed by atoms with E-state index in [9.17, 15) is 9.90 Å². The largest absolute Gasteiger partial charge is 0.394 e. The van der Waals surface area contributed by atoms with Gasteiger partial charge in [0, 0.05) is 16.3 Å². The molecule has 2 rings (SSSR count). The molecule has 0 saturated heterocycles. The van der Waals surface area contributed by atoms with Crippen molar-refractivity contribution in [2.45, 2.75) is 32.7 Å². The summed E-state index contributed by atoms with van der Waals surface area (Å²) in [6, 6.07) is 1.85. The van der Waals surface area contributed by atoms with E-state index in [4.69, 9.17) is 0 Å². The molecule has 0 saturated carbocycles. The fourth-order valence-corrected chi connectivity index (χ4v) is 3.63. The smallest absolute Gasteiger partial charge is 0.226 e. The summed E-state index contributed by atoms with van der Waals surface area (Å²) in [6.07, 6.45) is 1.04. The number of hydrogen-bond donors (Lipinski definition) is 2. The topological polar surface area (TPSA) is 62.2 Å². The molecule has 21 heavy (non-hydrogen) atoms. The number of rotatable bonds is 7.